The molecule has 54 valence electrons. The molecule has 0 unspecified atom stereocenters. The Morgan fingerprint density at radius 3 is 3.00 bits per heavy atom. The lowest BCUT2D eigenvalue weighted by molar-refractivity contribution is 1.29. The molecule has 0 spiro atoms. The van der Waals surface area contributed by atoms with Crippen molar-refractivity contribution < 1.29 is 0 Å². The maximum atomic E-state index is 4.04. The number of allylic oxidation sites excluding steroid dienone is 2. The maximum absolute atomic E-state index is 4.04. The summed E-state index contributed by atoms with van der Waals surface area (Å²) in [5.41, 5.74) is 0.811. The van der Waals surface area contributed by atoms with Gasteiger partial charge < -0.3 is 0 Å². The Bertz CT molecular complexity index is 288. The minimum absolute atomic E-state index is 0.811. The molecule has 1 heterocycles. The van der Waals surface area contributed by atoms with Crippen LogP contribution in [0.3, 0.4) is 0 Å². The summed E-state index contributed by atoms with van der Waals surface area (Å²) >= 11 is 0. The van der Waals surface area contributed by atoms with Crippen molar-refractivity contribution in [2.75, 3.05) is 0 Å². The minimum atomic E-state index is 0.811. The summed E-state index contributed by atoms with van der Waals surface area (Å²) < 4.78 is 0. The molecular weight excluding hydrogens is 134 g/mol. The van der Waals surface area contributed by atoms with E-state index in [-0.39, 0.29) is 0 Å². The first kappa shape index (κ1) is 7.56. The molecule has 0 fully saturated rings. The predicted molar refractivity (Wildman–Crippen MR) is 45.9 cm³/mol. The van der Waals surface area contributed by atoms with Crippen molar-refractivity contribution in [1.29, 1.82) is 0 Å². The quantitative estimate of drug-likeness (QED) is 0.506. The van der Waals surface area contributed by atoms with Gasteiger partial charge in [-0.15, -0.1) is 0 Å². The van der Waals surface area contributed by atoms with Gasteiger partial charge in [0.25, 0.3) is 0 Å². The monoisotopic (exact) mass is 143 g/mol. The van der Waals surface area contributed by atoms with Crippen LogP contribution in [0.1, 0.15) is 12.6 Å². The molecule has 1 aromatic heterocycles. The Kier molecular flexibility index (Phi) is 2.95. The summed E-state index contributed by atoms with van der Waals surface area (Å²) in [4.78, 5) is 4.04. The Balaban J connectivity index is 2.74. The lowest BCUT2D eigenvalue weighted by Gasteiger charge is -1.83. The molecular formula is C10H9N. The van der Waals surface area contributed by atoms with Crippen LogP contribution in [0.5, 0.6) is 0 Å². The van der Waals surface area contributed by atoms with E-state index in [9.17, 15) is 0 Å². The van der Waals surface area contributed by atoms with Gasteiger partial charge in [-0.2, -0.15) is 0 Å². The fraction of sp³-hybridized carbons (Fsp3) is 0.100. The molecule has 0 radical (unpaired) electrons. The van der Waals surface area contributed by atoms with Crippen LogP contribution in [0.25, 0.3) is 0 Å². The van der Waals surface area contributed by atoms with Gasteiger partial charge in [0.05, 0.1) is 0 Å². The highest BCUT2D eigenvalue weighted by molar-refractivity contribution is 5.30. The molecule has 0 amide bonds. The van der Waals surface area contributed by atoms with E-state index in [0.717, 1.165) is 5.69 Å². The highest BCUT2D eigenvalue weighted by Gasteiger charge is 1.79. The Labute approximate surface area is 66.8 Å². The van der Waals surface area contributed by atoms with Gasteiger partial charge in [0, 0.05) is 6.20 Å². The van der Waals surface area contributed by atoms with Gasteiger partial charge in [0.1, 0.15) is 5.69 Å². The zero-order chi connectivity index (χ0) is 7.94. The minimum Gasteiger partial charge on any atom is -0.248 e. The van der Waals surface area contributed by atoms with Crippen molar-refractivity contribution in [3.63, 3.8) is 0 Å². The average Bonchev–Trinajstić information content (AvgIpc) is 2.07. The van der Waals surface area contributed by atoms with E-state index in [4.69, 9.17) is 0 Å². The number of hydrogen-bond acceptors (Lipinski definition) is 1. The van der Waals surface area contributed by atoms with Crippen molar-refractivity contribution in [2.45, 2.75) is 6.92 Å². The standard InChI is InChI=1S/C10H9N/c1-2-3-4-7-10-8-5-6-9-11-10/h2-3,5-6,8-9H,1H3/b3-2-. The normalized spacial score (nSPS) is 9.18. The van der Waals surface area contributed by atoms with E-state index >= 15 is 0 Å². The van der Waals surface area contributed by atoms with E-state index in [1.807, 2.05) is 31.2 Å². The Morgan fingerprint density at radius 1 is 1.45 bits per heavy atom. The first-order valence-electron chi connectivity index (χ1n) is 3.47. The van der Waals surface area contributed by atoms with Crippen molar-refractivity contribution in [1.82, 2.24) is 4.98 Å². The second-order valence-electron chi connectivity index (χ2n) is 1.98. The van der Waals surface area contributed by atoms with Crippen molar-refractivity contribution in [3.05, 3.63) is 42.2 Å². The van der Waals surface area contributed by atoms with Crippen LogP contribution in [0.15, 0.2) is 36.5 Å². The lowest BCUT2D eigenvalue weighted by atomic mass is 10.3. The molecule has 0 atom stereocenters. The highest BCUT2D eigenvalue weighted by Crippen LogP contribution is 1.88. The van der Waals surface area contributed by atoms with Crippen LogP contribution in [0, 0.1) is 11.8 Å². The molecule has 0 aliphatic rings. The first-order valence-corrected chi connectivity index (χ1v) is 3.47. The van der Waals surface area contributed by atoms with E-state index in [1.165, 1.54) is 0 Å². The molecule has 0 aliphatic carbocycles. The fourth-order valence-corrected chi connectivity index (χ4v) is 0.636. The molecule has 1 heteroatoms. The van der Waals surface area contributed by atoms with Gasteiger partial charge >= 0.3 is 0 Å². The van der Waals surface area contributed by atoms with E-state index in [0.29, 0.717) is 0 Å². The van der Waals surface area contributed by atoms with Crippen LogP contribution in [-0.2, 0) is 0 Å². The van der Waals surface area contributed by atoms with Crippen molar-refractivity contribution >= 4 is 0 Å². The second kappa shape index (κ2) is 4.29. The van der Waals surface area contributed by atoms with Gasteiger partial charge in [0.15, 0.2) is 0 Å². The molecule has 0 aromatic carbocycles. The third-order valence-corrected chi connectivity index (χ3v) is 1.12. The average molecular weight is 143 g/mol. The summed E-state index contributed by atoms with van der Waals surface area (Å²) in [5, 5.41) is 0. The number of hydrogen-bond donors (Lipinski definition) is 0. The Hall–Kier alpha value is -1.55. The van der Waals surface area contributed by atoms with Gasteiger partial charge in [-0.3, -0.25) is 0 Å². The zero-order valence-electron chi connectivity index (χ0n) is 6.41. The molecule has 0 N–H and O–H groups in total. The smallest absolute Gasteiger partial charge is 0.113 e. The van der Waals surface area contributed by atoms with Crippen molar-refractivity contribution in [3.8, 4) is 11.8 Å². The fourth-order valence-electron chi connectivity index (χ4n) is 0.636. The topological polar surface area (TPSA) is 12.9 Å². The van der Waals surface area contributed by atoms with Crippen molar-refractivity contribution in [2.24, 2.45) is 0 Å². The summed E-state index contributed by atoms with van der Waals surface area (Å²) in [6.07, 6.45) is 5.43. The number of rotatable bonds is 0. The largest absolute Gasteiger partial charge is 0.248 e. The molecule has 1 rings (SSSR count). The van der Waals surface area contributed by atoms with E-state index in [1.54, 1.807) is 12.3 Å². The number of pyridine rings is 1. The molecule has 11 heavy (non-hydrogen) atoms. The van der Waals surface area contributed by atoms with Gasteiger partial charge in [-0.1, -0.05) is 18.1 Å². The van der Waals surface area contributed by atoms with Gasteiger partial charge in [-0.05, 0) is 31.1 Å². The molecule has 0 saturated carbocycles. The molecule has 0 aliphatic heterocycles. The van der Waals surface area contributed by atoms with Gasteiger partial charge in [-0.25, -0.2) is 4.98 Å². The number of nitrogens with zero attached hydrogens (tertiary/aromatic N) is 1. The summed E-state index contributed by atoms with van der Waals surface area (Å²) in [7, 11) is 0. The second-order valence-corrected chi connectivity index (χ2v) is 1.98. The molecule has 0 saturated heterocycles. The molecule has 1 aromatic rings. The lowest BCUT2D eigenvalue weighted by Crippen LogP contribution is -1.76. The summed E-state index contributed by atoms with van der Waals surface area (Å²) in [5.74, 6) is 5.76. The van der Waals surface area contributed by atoms with Crippen LogP contribution >= 0.6 is 0 Å². The molecule has 1 nitrogen and oxygen atoms in total. The first-order chi connectivity index (χ1) is 5.43. The van der Waals surface area contributed by atoms with Crippen LogP contribution in [-0.4, -0.2) is 4.98 Å². The predicted octanol–water partition coefficient (Wildman–Crippen LogP) is 2.01. The van der Waals surface area contributed by atoms with E-state index in [2.05, 4.69) is 16.8 Å². The highest BCUT2D eigenvalue weighted by atomic mass is 14.6. The third-order valence-electron chi connectivity index (χ3n) is 1.12. The summed E-state index contributed by atoms with van der Waals surface area (Å²) in [6.45, 7) is 1.94. The van der Waals surface area contributed by atoms with Crippen LogP contribution in [0.4, 0.5) is 0 Å². The number of aromatic nitrogens is 1. The molecule has 0 bridgehead atoms. The van der Waals surface area contributed by atoms with Crippen LogP contribution in [0.2, 0.25) is 0 Å². The third kappa shape index (κ3) is 2.68. The van der Waals surface area contributed by atoms with Crippen LogP contribution < -0.4 is 0 Å². The van der Waals surface area contributed by atoms with E-state index < -0.39 is 0 Å². The zero-order valence-corrected chi connectivity index (χ0v) is 6.41. The Morgan fingerprint density at radius 2 is 2.36 bits per heavy atom. The SMILES string of the molecule is C/C=C\C#Cc1ccccn1. The summed E-state index contributed by atoms with van der Waals surface area (Å²) in [6, 6.07) is 5.68. The maximum Gasteiger partial charge on any atom is 0.113 e. The van der Waals surface area contributed by atoms with Gasteiger partial charge in [0.2, 0.25) is 0 Å².